The number of hydroxylamine groups is 2. The molecule has 11 heteroatoms. The van der Waals surface area contributed by atoms with Crippen LogP contribution in [0.3, 0.4) is 0 Å². The molecule has 1 radical (unpaired) electrons. The third-order valence-electron chi connectivity index (χ3n) is 12.8. The van der Waals surface area contributed by atoms with Gasteiger partial charge in [-0.1, -0.05) is 59.1 Å². The Morgan fingerprint density at radius 3 is 2.27 bits per heavy atom. The van der Waals surface area contributed by atoms with Gasteiger partial charge in [0.1, 0.15) is 17.4 Å². The molecule has 0 amide bonds. The standard InChI is InChI=1S/C38H58NO10/c1-9-10-13-16-35(39(46)33(5,6)22-47-35)17-14-11-12-15-29(42)49-38-30(34(38,7)8)27-19-26(21-40)20-36(44)28(18-23(2)31(36)43)37(27,45)24(3)32(38)48-25(4)41/h18-19,24,27-28,30,32,40,44-45H,9-17,20-22H2,1-8H3. The van der Waals surface area contributed by atoms with Gasteiger partial charge < -0.3 is 29.5 Å². The van der Waals surface area contributed by atoms with Gasteiger partial charge in [-0.2, -0.15) is 0 Å². The van der Waals surface area contributed by atoms with Gasteiger partial charge in [0.15, 0.2) is 11.4 Å². The van der Waals surface area contributed by atoms with Crippen LogP contribution in [0.1, 0.15) is 120 Å². The normalized spacial score (nSPS) is 40.4. The molecule has 1 aliphatic heterocycles. The first-order chi connectivity index (χ1) is 22.8. The Hall–Kier alpha value is -2.15. The maximum absolute atomic E-state index is 13.7. The van der Waals surface area contributed by atoms with Crippen molar-refractivity contribution in [2.45, 2.75) is 154 Å². The molecule has 4 aliphatic carbocycles. The average Bonchev–Trinajstić information content (AvgIpc) is 3.34. The van der Waals surface area contributed by atoms with Crippen LogP contribution in [0.2, 0.25) is 0 Å². The van der Waals surface area contributed by atoms with Gasteiger partial charge in [0.05, 0.1) is 24.4 Å². The van der Waals surface area contributed by atoms with Crippen molar-refractivity contribution in [3.05, 3.63) is 23.3 Å². The molecule has 0 spiro atoms. The van der Waals surface area contributed by atoms with Gasteiger partial charge in [-0.3, -0.25) is 14.4 Å². The predicted molar refractivity (Wildman–Crippen MR) is 179 cm³/mol. The molecular formula is C38H58NO10. The molecule has 5 rings (SSSR count). The lowest BCUT2D eigenvalue weighted by Crippen LogP contribution is -2.66. The minimum Gasteiger partial charge on any atom is -0.458 e. The van der Waals surface area contributed by atoms with E-state index < -0.39 is 87.6 Å². The monoisotopic (exact) mass is 688 g/mol. The molecule has 0 aromatic rings. The Labute approximate surface area is 291 Å². The van der Waals surface area contributed by atoms with E-state index in [1.807, 2.05) is 27.7 Å². The highest BCUT2D eigenvalue weighted by atomic mass is 16.6. The lowest BCUT2D eigenvalue weighted by Gasteiger charge is -2.53. The number of unbranched alkanes of at least 4 members (excludes halogenated alkanes) is 4. The first kappa shape index (κ1) is 38.1. The summed E-state index contributed by atoms with van der Waals surface area (Å²) in [6, 6.07) is 0. The quantitative estimate of drug-likeness (QED) is 0.140. The summed E-state index contributed by atoms with van der Waals surface area (Å²) in [5.74, 6) is -4.69. The van der Waals surface area contributed by atoms with Gasteiger partial charge in [0, 0.05) is 48.9 Å². The number of ether oxygens (including phenoxy) is 3. The highest BCUT2D eigenvalue weighted by Crippen LogP contribution is 2.77. The Bertz CT molecular complexity index is 1390. The zero-order valence-electron chi connectivity index (χ0n) is 30.7. The van der Waals surface area contributed by atoms with Crippen molar-refractivity contribution >= 4 is 17.7 Å². The average molecular weight is 689 g/mol. The Morgan fingerprint density at radius 2 is 1.69 bits per heavy atom. The first-order valence-corrected chi connectivity index (χ1v) is 18.3. The number of hydrogen-bond donors (Lipinski definition) is 3. The number of Topliss-reactive ketones (excluding diaryl/α,β-unsaturated/α-hetero) is 1. The molecular weight excluding hydrogens is 630 g/mol. The first-order valence-electron chi connectivity index (χ1n) is 18.3. The van der Waals surface area contributed by atoms with E-state index in [2.05, 4.69) is 6.92 Å². The van der Waals surface area contributed by atoms with Crippen LogP contribution < -0.4 is 0 Å². The van der Waals surface area contributed by atoms with Gasteiger partial charge in [-0.05, 0) is 64.0 Å². The number of esters is 2. The van der Waals surface area contributed by atoms with E-state index in [1.54, 1.807) is 26.0 Å². The van der Waals surface area contributed by atoms with E-state index >= 15 is 0 Å². The van der Waals surface area contributed by atoms with Crippen molar-refractivity contribution in [3.63, 3.8) is 0 Å². The van der Waals surface area contributed by atoms with Gasteiger partial charge in [0.25, 0.3) is 0 Å². The molecule has 3 fully saturated rings. The van der Waals surface area contributed by atoms with Crippen LogP contribution in [0.25, 0.3) is 0 Å². The second-order valence-corrected chi connectivity index (χ2v) is 16.8. The van der Waals surface area contributed by atoms with Crippen LogP contribution in [-0.4, -0.2) is 85.5 Å². The Morgan fingerprint density at radius 1 is 1.04 bits per heavy atom. The predicted octanol–water partition coefficient (Wildman–Crippen LogP) is 4.74. The molecule has 3 N–H and O–H groups in total. The fraction of sp³-hybridized carbons (Fsp3) is 0.816. The molecule has 9 atom stereocenters. The smallest absolute Gasteiger partial charge is 0.306 e. The summed E-state index contributed by atoms with van der Waals surface area (Å²) in [6.07, 6.45) is 8.45. The number of aliphatic hydroxyl groups is 3. The second-order valence-electron chi connectivity index (χ2n) is 16.8. The molecule has 11 nitrogen and oxygen atoms in total. The summed E-state index contributed by atoms with van der Waals surface area (Å²) in [6.45, 7) is 14.3. The molecule has 0 bridgehead atoms. The Balaban J connectivity index is 1.34. The van der Waals surface area contributed by atoms with Crippen LogP contribution >= 0.6 is 0 Å². The lowest BCUT2D eigenvalue weighted by atomic mass is 9.59. The van der Waals surface area contributed by atoms with Crippen molar-refractivity contribution in [3.8, 4) is 0 Å². The number of hydrogen-bond acceptors (Lipinski definition) is 10. The number of rotatable bonds is 13. The molecule has 9 unspecified atom stereocenters. The number of fused-ring (bicyclic) bond motifs is 5. The topological polar surface area (TPSA) is 163 Å². The summed E-state index contributed by atoms with van der Waals surface area (Å²) in [5.41, 5.74) is -6.45. The number of nitrogens with zero attached hydrogens (tertiary/aromatic N) is 1. The number of carbonyl (C=O) groups excluding carboxylic acids is 3. The third-order valence-corrected chi connectivity index (χ3v) is 12.8. The van der Waals surface area contributed by atoms with Crippen molar-refractivity contribution in [1.29, 1.82) is 0 Å². The van der Waals surface area contributed by atoms with E-state index in [-0.39, 0.29) is 12.8 Å². The minimum absolute atomic E-state index is 0.119. The van der Waals surface area contributed by atoms with Gasteiger partial charge in [-0.15, -0.1) is 10.3 Å². The van der Waals surface area contributed by atoms with E-state index in [0.717, 1.165) is 24.3 Å². The number of aliphatic hydroxyl groups excluding tert-OH is 1. The summed E-state index contributed by atoms with van der Waals surface area (Å²) >= 11 is 0. The largest absolute Gasteiger partial charge is 0.458 e. The van der Waals surface area contributed by atoms with Crippen molar-refractivity contribution < 1.29 is 49.1 Å². The molecule has 0 aromatic carbocycles. The van der Waals surface area contributed by atoms with Crippen molar-refractivity contribution in [2.24, 2.45) is 29.1 Å². The van der Waals surface area contributed by atoms with E-state index in [1.165, 1.54) is 6.92 Å². The zero-order chi connectivity index (χ0) is 36.4. The SMILES string of the molecule is CCCCCC1(CCCCCC(=O)OC23C(OC(C)=O)C(C)C4(O)C(C=C(CO)CC5(O)C(=O)C(C)=CC54)C2C3(C)C)OCC(C)(C)N1[O]. The summed E-state index contributed by atoms with van der Waals surface area (Å²) in [7, 11) is 0. The van der Waals surface area contributed by atoms with Crippen LogP contribution in [0.15, 0.2) is 23.3 Å². The van der Waals surface area contributed by atoms with E-state index in [9.17, 15) is 34.9 Å². The van der Waals surface area contributed by atoms with Crippen molar-refractivity contribution in [1.82, 2.24) is 5.06 Å². The molecule has 1 heterocycles. The molecule has 5 aliphatic rings. The van der Waals surface area contributed by atoms with Crippen LogP contribution in [0.5, 0.6) is 0 Å². The van der Waals surface area contributed by atoms with Gasteiger partial charge >= 0.3 is 11.9 Å². The summed E-state index contributed by atoms with van der Waals surface area (Å²) in [4.78, 5) is 39.5. The van der Waals surface area contributed by atoms with E-state index in [4.69, 9.17) is 14.2 Å². The maximum atomic E-state index is 13.7. The third kappa shape index (κ3) is 5.84. The minimum atomic E-state index is -1.97. The fourth-order valence-electron chi connectivity index (χ4n) is 10.2. The highest BCUT2D eigenvalue weighted by Gasteiger charge is 2.87. The van der Waals surface area contributed by atoms with E-state index in [0.29, 0.717) is 49.9 Å². The van der Waals surface area contributed by atoms with Crippen molar-refractivity contribution in [2.75, 3.05) is 13.2 Å². The number of ketones is 1. The molecule has 0 aromatic heterocycles. The fourth-order valence-corrected chi connectivity index (χ4v) is 10.2. The zero-order valence-corrected chi connectivity index (χ0v) is 30.7. The van der Waals surface area contributed by atoms with Crippen LogP contribution in [-0.2, 0) is 33.8 Å². The molecule has 49 heavy (non-hydrogen) atoms. The molecule has 1 saturated heterocycles. The summed E-state index contributed by atoms with van der Waals surface area (Å²) < 4.78 is 18.5. The van der Waals surface area contributed by atoms with Crippen LogP contribution in [0, 0.1) is 29.1 Å². The second kappa shape index (κ2) is 13.1. The highest BCUT2D eigenvalue weighted by molar-refractivity contribution is 6.04. The molecule has 2 saturated carbocycles. The maximum Gasteiger partial charge on any atom is 0.306 e. The van der Waals surface area contributed by atoms with Crippen LogP contribution in [0.4, 0.5) is 0 Å². The van der Waals surface area contributed by atoms with Gasteiger partial charge in [0.2, 0.25) is 0 Å². The van der Waals surface area contributed by atoms with Gasteiger partial charge in [-0.25, -0.2) is 0 Å². The lowest BCUT2D eigenvalue weighted by molar-refractivity contribution is -0.296. The molecule has 275 valence electrons. The summed E-state index contributed by atoms with van der Waals surface area (Å²) in [5, 5.41) is 49.3. The number of carbonyl (C=O) groups is 3. The Kier molecular flexibility index (Phi) is 10.2.